The first-order chi connectivity index (χ1) is 12.2. The first-order valence-corrected chi connectivity index (χ1v) is 7.83. The van der Waals surface area contributed by atoms with E-state index in [2.05, 4.69) is 21.2 Å². The molecule has 1 N–H and O–H groups in total. The van der Waals surface area contributed by atoms with Crippen molar-refractivity contribution in [2.24, 2.45) is 0 Å². The van der Waals surface area contributed by atoms with Crippen molar-refractivity contribution in [3.8, 4) is 17.5 Å². The van der Waals surface area contributed by atoms with Crippen molar-refractivity contribution in [3.63, 3.8) is 0 Å². The molecule has 0 fully saturated rings. The summed E-state index contributed by atoms with van der Waals surface area (Å²) in [5.41, 5.74) is 4.25. The Balaban J connectivity index is 1.72. The molecule has 120 valence electrons. The van der Waals surface area contributed by atoms with E-state index in [9.17, 15) is 5.26 Å². The van der Waals surface area contributed by atoms with Crippen LogP contribution in [0, 0.1) is 18.3 Å². The highest BCUT2D eigenvalue weighted by Gasteiger charge is 2.13. The molecule has 2 heterocycles. The van der Waals surface area contributed by atoms with Gasteiger partial charge in [-0.1, -0.05) is 53.2 Å². The number of rotatable bonds is 3. The normalized spacial score (nSPS) is 11.6. The van der Waals surface area contributed by atoms with Crippen LogP contribution in [0.1, 0.15) is 17.0 Å². The van der Waals surface area contributed by atoms with Crippen molar-refractivity contribution >= 4 is 22.6 Å². The van der Waals surface area contributed by atoms with Crippen LogP contribution >= 0.6 is 0 Å². The number of allylic oxidation sites excluding steroid dienone is 1. The van der Waals surface area contributed by atoms with E-state index in [1.165, 1.54) is 0 Å². The van der Waals surface area contributed by atoms with Crippen LogP contribution in [0.4, 0.5) is 0 Å². The summed E-state index contributed by atoms with van der Waals surface area (Å²) >= 11 is 0. The Labute approximate surface area is 144 Å². The van der Waals surface area contributed by atoms with Crippen LogP contribution in [0.3, 0.4) is 0 Å². The molecule has 0 saturated carbocycles. The maximum absolute atomic E-state index is 9.51. The Kier molecular flexibility index (Phi) is 3.64. The van der Waals surface area contributed by atoms with E-state index in [0.29, 0.717) is 11.4 Å². The molecule has 2 aromatic heterocycles. The van der Waals surface area contributed by atoms with Gasteiger partial charge in [-0.25, -0.2) is 0 Å². The Hall–Kier alpha value is -3.65. The fourth-order valence-electron chi connectivity index (χ4n) is 2.66. The molecule has 0 unspecified atom stereocenters. The maximum atomic E-state index is 9.51. The molecule has 0 aliphatic heterocycles. The lowest BCUT2D eigenvalue weighted by Gasteiger charge is -1.94. The number of aromatic amines is 1. The van der Waals surface area contributed by atoms with Gasteiger partial charge in [-0.3, -0.25) is 0 Å². The minimum absolute atomic E-state index is 0.211. The van der Waals surface area contributed by atoms with Gasteiger partial charge in [0.2, 0.25) is 5.82 Å². The standard InChI is InChI=1S/C20H14N4O/c1-13-6-8-14(9-7-13)19-23-20(25-24-19)15(11-21)10-16-12-22-18-5-3-2-4-17(16)18/h2-10,12,22H,1H3/b15-10+. The smallest absolute Gasteiger partial charge is 0.268 e. The molecule has 0 radical (unpaired) electrons. The number of aryl methyl sites for hydroxylation is 1. The van der Waals surface area contributed by atoms with Crippen LogP contribution in [0.2, 0.25) is 0 Å². The Morgan fingerprint density at radius 3 is 2.76 bits per heavy atom. The number of nitrogens with zero attached hydrogens (tertiary/aromatic N) is 3. The number of aromatic nitrogens is 3. The summed E-state index contributed by atoms with van der Waals surface area (Å²) in [7, 11) is 0. The lowest BCUT2D eigenvalue weighted by atomic mass is 10.1. The molecule has 0 amide bonds. The van der Waals surface area contributed by atoms with Crippen LogP contribution in [0.25, 0.3) is 33.9 Å². The summed E-state index contributed by atoms with van der Waals surface area (Å²) in [6.45, 7) is 2.02. The summed E-state index contributed by atoms with van der Waals surface area (Å²) in [6.07, 6.45) is 3.62. The predicted octanol–water partition coefficient (Wildman–Crippen LogP) is 4.59. The second kappa shape index (κ2) is 6.10. The van der Waals surface area contributed by atoms with Crippen molar-refractivity contribution in [3.05, 3.63) is 71.7 Å². The molecule has 5 nitrogen and oxygen atoms in total. The minimum Gasteiger partial charge on any atom is -0.361 e. The third-order valence-corrected chi connectivity index (χ3v) is 4.01. The molecule has 0 spiro atoms. The molecular formula is C20H14N4O. The maximum Gasteiger partial charge on any atom is 0.268 e. The van der Waals surface area contributed by atoms with Gasteiger partial charge in [0.05, 0.1) is 0 Å². The quantitative estimate of drug-likeness (QED) is 0.558. The highest BCUT2D eigenvalue weighted by molar-refractivity contribution is 5.96. The second-order valence-corrected chi connectivity index (χ2v) is 5.75. The van der Waals surface area contributed by atoms with Crippen LogP contribution < -0.4 is 0 Å². The van der Waals surface area contributed by atoms with E-state index in [0.717, 1.165) is 27.6 Å². The van der Waals surface area contributed by atoms with Gasteiger partial charge in [-0.05, 0) is 19.1 Å². The molecule has 0 aliphatic carbocycles. The summed E-state index contributed by atoms with van der Waals surface area (Å²) in [4.78, 5) is 7.55. The van der Waals surface area contributed by atoms with Crippen molar-refractivity contribution in [1.29, 1.82) is 5.26 Å². The zero-order valence-electron chi connectivity index (χ0n) is 13.5. The number of fused-ring (bicyclic) bond motifs is 1. The number of hydrogen-bond donors (Lipinski definition) is 1. The van der Waals surface area contributed by atoms with Crippen LogP contribution in [0.15, 0.2) is 59.3 Å². The highest BCUT2D eigenvalue weighted by Crippen LogP contribution is 2.24. The number of benzene rings is 2. The topological polar surface area (TPSA) is 78.5 Å². The van der Waals surface area contributed by atoms with E-state index >= 15 is 0 Å². The van der Waals surface area contributed by atoms with E-state index in [1.54, 1.807) is 6.08 Å². The summed E-state index contributed by atoms with van der Waals surface area (Å²) < 4.78 is 5.30. The van der Waals surface area contributed by atoms with Crippen molar-refractivity contribution in [1.82, 2.24) is 15.1 Å². The van der Waals surface area contributed by atoms with E-state index in [1.807, 2.05) is 61.7 Å². The number of para-hydroxylation sites is 1. The van der Waals surface area contributed by atoms with Crippen LogP contribution in [0.5, 0.6) is 0 Å². The largest absolute Gasteiger partial charge is 0.361 e. The van der Waals surface area contributed by atoms with Gasteiger partial charge in [0.15, 0.2) is 0 Å². The summed E-state index contributed by atoms with van der Waals surface area (Å²) in [5.74, 6) is 0.679. The van der Waals surface area contributed by atoms with Gasteiger partial charge >= 0.3 is 0 Å². The average molecular weight is 326 g/mol. The third-order valence-electron chi connectivity index (χ3n) is 4.01. The molecular weight excluding hydrogens is 312 g/mol. The molecule has 0 atom stereocenters. The number of hydrogen-bond acceptors (Lipinski definition) is 4. The van der Waals surface area contributed by atoms with Crippen LogP contribution in [-0.2, 0) is 0 Å². The SMILES string of the molecule is Cc1ccc(-c2noc(/C(C#N)=C/c3c[nH]c4ccccc34)n2)cc1. The fourth-order valence-corrected chi connectivity index (χ4v) is 2.66. The van der Waals surface area contributed by atoms with Gasteiger partial charge in [-0.2, -0.15) is 10.2 Å². The average Bonchev–Trinajstić information content (AvgIpc) is 3.28. The first kappa shape index (κ1) is 14.9. The fraction of sp³-hybridized carbons (Fsp3) is 0.0500. The van der Waals surface area contributed by atoms with Crippen molar-refractivity contribution < 1.29 is 4.52 Å². The third kappa shape index (κ3) is 2.81. The zero-order chi connectivity index (χ0) is 17.2. The number of nitriles is 1. The summed E-state index contributed by atoms with van der Waals surface area (Å²) in [5, 5.41) is 14.5. The van der Waals surface area contributed by atoms with E-state index in [-0.39, 0.29) is 5.89 Å². The zero-order valence-corrected chi connectivity index (χ0v) is 13.5. The van der Waals surface area contributed by atoms with E-state index in [4.69, 9.17) is 4.52 Å². The molecule has 25 heavy (non-hydrogen) atoms. The Morgan fingerprint density at radius 1 is 1.16 bits per heavy atom. The molecule has 0 saturated heterocycles. The van der Waals surface area contributed by atoms with Gasteiger partial charge in [0.25, 0.3) is 5.89 Å². The second-order valence-electron chi connectivity index (χ2n) is 5.75. The van der Waals surface area contributed by atoms with Gasteiger partial charge in [0, 0.05) is 28.2 Å². The van der Waals surface area contributed by atoms with E-state index < -0.39 is 0 Å². The summed E-state index contributed by atoms with van der Waals surface area (Å²) in [6, 6.07) is 17.9. The predicted molar refractivity (Wildman–Crippen MR) is 96.3 cm³/mol. The highest BCUT2D eigenvalue weighted by atomic mass is 16.5. The van der Waals surface area contributed by atoms with Gasteiger partial charge in [0.1, 0.15) is 11.6 Å². The lowest BCUT2D eigenvalue weighted by Crippen LogP contribution is -1.84. The molecule has 0 aliphatic rings. The van der Waals surface area contributed by atoms with Crippen molar-refractivity contribution in [2.75, 3.05) is 0 Å². The molecule has 4 aromatic rings. The minimum atomic E-state index is 0.211. The molecule has 5 heteroatoms. The molecule has 2 aromatic carbocycles. The van der Waals surface area contributed by atoms with Crippen molar-refractivity contribution in [2.45, 2.75) is 6.92 Å². The van der Waals surface area contributed by atoms with Gasteiger partial charge in [-0.15, -0.1) is 0 Å². The molecule has 0 bridgehead atoms. The monoisotopic (exact) mass is 326 g/mol. The molecule has 4 rings (SSSR count). The Morgan fingerprint density at radius 2 is 1.96 bits per heavy atom. The lowest BCUT2D eigenvalue weighted by molar-refractivity contribution is 0.409. The van der Waals surface area contributed by atoms with Crippen LogP contribution in [-0.4, -0.2) is 15.1 Å². The number of nitrogens with one attached hydrogen (secondary N) is 1. The Bertz CT molecular complexity index is 1110. The first-order valence-electron chi connectivity index (χ1n) is 7.83. The number of H-pyrrole nitrogens is 1. The van der Waals surface area contributed by atoms with Gasteiger partial charge < -0.3 is 9.51 Å².